The zero-order valence-electron chi connectivity index (χ0n) is 15.1. The van der Waals surface area contributed by atoms with Crippen LogP contribution < -0.4 is 5.32 Å². The molecule has 0 bridgehead atoms. The van der Waals surface area contributed by atoms with Crippen LogP contribution in [0.5, 0.6) is 0 Å². The molecule has 1 heterocycles. The Bertz CT molecular complexity index is 805. The summed E-state index contributed by atoms with van der Waals surface area (Å²) in [5, 5.41) is 21.3. The smallest absolute Gasteiger partial charge is 0.234 e. The fourth-order valence-electron chi connectivity index (χ4n) is 3.23. The molecule has 0 aliphatic heterocycles. The molecule has 1 N–H and O–H groups in total. The highest BCUT2D eigenvalue weighted by Crippen LogP contribution is 2.29. The second-order valence-electron chi connectivity index (χ2n) is 6.74. The number of thioether (sulfide) groups is 1. The van der Waals surface area contributed by atoms with E-state index in [0.29, 0.717) is 5.16 Å². The monoisotopic (exact) mass is 369 g/mol. The van der Waals surface area contributed by atoms with E-state index in [1.807, 2.05) is 48.9 Å². The summed E-state index contributed by atoms with van der Waals surface area (Å²) >= 11 is 1.36. The van der Waals surface area contributed by atoms with Gasteiger partial charge >= 0.3 is 0 Å². The minimum Gasteiger partial charge on any atom is -0.337 e. The number of carbonyl (C=O) groups excluding carboxylic acids is 1. The van der Waals surface area contributed by atoms with E-state index in [1.165, 1.54) is 11.8 Å². The lowest BCUT2D eigenvalue weighted by molar-refractivity contribution is -0.121. The van der Waals surface area contributed by atoms with Gasteiger partial charge in [-0.25, -0.2) is 0 Å². The molecule has 1 amide bonds. The predicted molar refractivity (Wildman–Crippen MR) is 101 cm³/mol. The van der Waals surface area contributed by atoms with Crippen LogP contribution in [-0.4, -0.2) is 31.5 Å². The molecule has 1 aliphatic rings. The molecule has 1 aliphatic carbocycles. The Balaban J connectivity index is 1.68. The maximum atomic E-state index is 12.6. The molecule has 3 rings (SSSR count). The van der Waals surface area contributed by atoms with Gasteiger partial charge in [0.15, 0.2) is 11.0 Å². The van der Waals surface area contributed by atoms with Crippen LogP contribution in [-0.2, 0) is 11.8 Å². The summed E-state index contributed by atoms with van der Waals surface area (Å²) in [6, 6.07) is 12.2. The van der Waals surface area contributed by atoms with Gasteiger partial charge < -0.3 is 9.88 Å². The van der Waals surface area contributed by atoms with E-state index in [4.69, 9.17) is 0 Å². The average Bonchev–Trinajstić information content (AvgIpc) is 3.03. The van der Waals surface area contributed by atoms with E-state index in [9.17, 15) is 10.1 Å². The Morgan fingerprint density at radius 3 is 2.62 bits per heavy atom. The highest BCUT2D eigenvalue weighted by atomic mass is 32.2. The van der Waals surface area contributed by atoms with Crippen molar-refractivity contribution in [1.82, 2.24) is 20.1 Å². The first-order chi connectivity index (χ1) is 12.5. The quantitative estimate of drug-likeness (QED) is 0.818. The van der Waals surface area contributed by atoms with Crippen molar-refractivity contribution in [2.75, 3.05) is 0 Å². The van der Waals surface area contributed by atoms with E-state index < -0.39 is 5.54 Å². The summed E-state index contributed by atoms with van der Waals surface area (Å²) in [6.07, 6.45) is 4.56. The molecule has 1 fully saturated rings. The molecule has 7 heteroatoms. The van der Waals surface area contributed by atoms with Gasteiger partial charge in [0.1, 0.15) is 5.54 Å². The van der Waals surface area contributed by atoms with Gasteiger partial charge in [0, 0.05) is 12.6 Å². The average molecular weight is 369 g/mol. The molecule has 0 spiro atoms. The number of rotatable bonds is 5. The molecule has 2 aromatic rings. The third-order valence-electron chi connectivity index (χ3n) is 4.80. The number of hydrogen-bond acceptors (Lipinski definition) is 5. The molecule has 0 radical (unpaired) electrons. The number of hydrogen-bond donors (Lipinski definition) is 1. The van der Waals surface area contributed by atoms with Crippen LogP contribution in [0.1, 0.15) is 39.0 Å². The van der Waals surface area contributed by atoms with Gasteiger partial charge in [-0.3, -0.25) is 4.79 Å². The molecule has 1 aromatic heterocycles. The SMILES string of the molecule is C[C@@H](Sc1nnc(-c2ccccc2)n1C)C(=O)NC1(C#N)CCCCC1. The first-order valence-electron chi connectivity index (χ1n) is 8.89. The third-order valence-corrected chi connectivity index (χ3v) is 5.94. The fraction of sp³-hybridized carbons (Fsp3) is 0.474. The van der Waals surface area contributed by atoms with Crippen LogP contribution in [0.4, 0.5) is 0 Å². The lowest BCUT2D eigenvalue weighted by Crippen LogP contribution is -2.50. The van der Waals surface area contributed by atoms with Gasteiger partial charge in [0.05, 0.1) is 11.3 Å². The molecular formula is C19H23N5OS. The molecular weight excluding hydrogens is 346 g/mol. The molecule has 1 saturated carbocycles. The van der Waals surface area contributed by atoms with Crippen LogP contribution in [0.15, 0.2) is 35.5 Å². The zero-order chi connectivity index (χ0) is 18.6. The van der Waals surface area contributed by atoms with Crippen LogP contribution in [0.3, 0.4) is 0 Å². The van der Waals surface area contributed by atoms with Crippen molar-refractivity contribution in [3.05, 3.63) is 30.3 Å². The minimum atomic E-state index is -0.709. The van der Waals surface area contributed by atoms with Crippen molar-refractivity contribution in [1.29, 1.82) is 5.26 Å². The Morgan fingerprint density at radius 2 is 1.96 bits per heavy atom. The molecule has 136 valence electrons. The summed E-state index contributed by atoms with van der Waals surface area (Å²) in [5.74, 6) is 0.643. The van der Waals surface area contributed by atoms with Crippen molar-refractivity contribution < 1.29 is 4.79 Å². The van der Waals surface area contributed by atoms with Gasteiger partial charge in [-0.2, -0.15) is 5.26 Å². The van der Waals surface area contributed by atoms with Crippen LogP contribution in [0.25, 0.3) is 11.4 Å². The van der Waals surface area contributed by atoms with E-state index in [2.05, 4.69) is 21.6 Å². The van der Waals surface area contributed by atoms with Gasteiger partial charge in [-0.15, -0.1) is 10.2 Å². The molecule has 0 unspecified atom stereocenters. The van der Waals surface area contributed by atoms with Crippen LogP contribution in [0.2, 0.25) is 0 Å². The normalized spacial score (nSPS) is 17.3. The molecule has 1 aromatic carbocycles. The summed E-state index contributed by atoms with van der Waals surface area (Å²) in [7, 11) is 1.90. The predicted octanol–water partition coefficient (Wildman–Crippen LogP) is 3.31. The van der Waals surface area contributed by atoms with Crippen LogP contribution in [0, 0.1) is 11.3 Å². The summed E-state index contributed by atoms with van der Waals surface area (Å²) < 4.78 is 1.89. The Kier molecular flexibility index (Phi) is 5.62. The van der Waals surface area contributed by atoms with Gasteiger partial charge in [-0.1, -0.05) is 61.4 Å². The Labute approximate surface area is 158 Å². The van der Waals surface area contributed by atoms with E-state index in [-0.39, 0.29) is 11.2 Å². The first kappa shape index (κ1) is 18.5. The summed E-state index contributed by atoms with van der Waals surface area (Å²) in [5.41, 5.74) is 0.274. The first-order valence-corrected chi connectivity index (χ1v) is 9.77. The molecule has 0 saturated heterocycles. The maximum Gasteiger partial charge on any atom is 0.234 e. The standard InChI is InChI=1S/C19H23N5OS/c1-14(17(25)21-19(13-20)11-7-4-8-12-19)26-18-23-22-16(24(18)2)15-9-5-3-6-10-15/h3,5-6,9-10,14H,4,7-8,11-12H2,1-2H3,(H,21,25)/t14-/m1/s1. The minimum absolute atomic E-state index is 0.122. The lowest BCUT2D eigenvalue weighted by Gasteiger charge is -2.32. The van der Waals surface area contributed by atoms with Crippen molar-refractivity contribution in [3.8, 4) is 17.5 Å². The number of amides is 1. The second-order valence-corrected chi connectivity index (χ2v) is 8.04. The highest BCUT2D eigenvalue weighted by Gasteiger charge is 2.35. The van der Waals surface area contributed by atoms with E-state index >= 15 is 0 Å². The van der Waals surface area contributed by atoms with E-state index in [1.54, 1.807) is 0 Å². The Hall–Kier alpha value is -2.33. The molecule has 6 nitrogen and oxygen atoms in total. The van der Waals surface area contributed by atoms with Gasteiger partial charge in [-0.05, 0) is 19.8 Å². The number of nitrogens with one attached hydrogen (secondary N) is 1. The largest absolute Gasteiger partial charge is 0.337 e. The topological polar surface area (TPSA) is 83.6 Å². The summed E-state index contributed by atoms with van der Waals surface area (Å²) in [6.45, 7) is 1.84. The number of nitrogens with zero attached hydrogens (tertiary/aromatic N) is 4. The number of benzene rings is 1. The van der Waals surface area contributed by atoms with Crippen molar-refractivity contribution in [2.45, 2.75) is 55.0 Å². The molecule has 1 atom stereocenters. The zero-order valence-corrected chi connectivity index (χ0v) is 15.9. The van der Waals surface area contributed by atoms with Crippen molar-refractivity contribution in [2.24, 2.45) is 7.05 Å². The molecule has 26 heavy (non-hydrogen) atoms. The van der Waals surface area contributed by atoms with Gasteiger partial charge in [0.25, 0.3) is 0 Å². The van der Waals surface area contributed by atoms with Crippen molar-refractivity contribution in [3.63, 3.8) is 0 Å². The number of nitriles is 1. The van der Waals surface area contributed by atoms with Crippen LogP contribution >= 0.6 is 11.8 Å². The van der Waals surface area contributed by atoms with Crippen molar-refractivity contribution >= 4 is 17.7 Å². The van der Waals surface area contributed by atoms with E-state index in [0.717, 1.165) is 43.5 Å². The summed E-state index contributed by atoms with van der Waals surface area (Å²) in [4.78, 5) is 12.6. The second kappa shape index (κ2) is 7.92. The lowest BCUT2D eigenvalue weighted by atomic mass is 9.83. The third kappa shape index (κ3) is 3.91. The highest BCUT2D eigenvalue weighted by molar-refractivity contribution is 8.00. The maximum absolute atomic E-state index is 12.6. The number of aromatic nitrogens is 3. The Morgan fingerprint density at radius 1 is 1.27 bits per heavy atom. The number of carbonyl (C=O) groups is 1. The fourth-order valence-corrected chi connectivity index (χ4v) is 4.04. The van der Waals surface area contributed by atoms with Gasteiger partial charge in [0.2, 0.25) is 5.91 Å².